The Morgan fingerprint density at radius 3 is 2.16 bits per heavy atom. The number of aromatic nitrogens is 1. The van der Waals surface area contributed by atoms with Crippen LogP contribution in [-0.4, -0.2) is 19.7 Å². The van der Waals surface area contributed by atoms with Crippen LogP contribution in [0.4, 0.5) is 17.6 Å². The smallest absolute Gasteiger partial charge is 0.434 e. The lowest BCUT2D eigenvalue weighted by Crippen LogP contribution is -2.13. The van der Waals surface area contributed by atoms with Gasteiger partial charge in [-0.15, -0.1) is 6.42 Å². The molecule has 1 atom stereocenters. The molecule has 1 heterocycles. The van der Waals surface area contributed by atoms with Crippen LogP contribution in [0.1, 0.15) is 17.4 Å². The van der Waals surface area contributed by atoms with Gasteiger partial charge in [0.2, 0.25) is 0 Å². The summed E-state index contributed by atoms with van der Waals surface area (Å²) in [5.74, 6) is 1.52. The second-order valence-corrected chi connectivity index (χ2v) is 8.56. The maximum absolute atomic E-state index is 13.6. The maximum Gasteiger partial charge on any atom is 0.434 e. The average molecular weight is 449 g/mol. The third-order valence-corrected chi connectivity index (χ3v) is 5.45. The fourth-order valence-corrected chi connectivity index (χ4v) is 3.50. The van der Waals surface area contributed by atoms with Crippen molar-refractivity contribution in [2.75, 3.05) is 6.26 Å². The lowest BCUT2D eigenvalue weighted by molar-refractivity contribution is -0.140. The fraction of sp³-hybridized carbons (Fsp3) is 0.136. The maximum atomic E-state index is 13.6. The molecule has 0 radical (unpaired) electrons. The van der Waals surface area contributed by atoms with Crippen LogP contribution in [0.3, 0.4) is 0 Å². The van der Waals surface area contributed by atoms with Gasteiger partial charge in [0.05, 0.1) is 10.5 Å². The van der Waals surface area contributed by atoms with Gasteiger partial charge in [-0.25, -0.2) is 12.8 Å². The van der Waals surface area contributed by atoms with Crippen LogP contribution >= 0.6 is 0 Å². The molecule has 0 aliphatic heterocycles. The summed E-state index contributed by atoms with van der Waals surface area (Å²) in [5.41, 5.74) is -1.19. The van der Waals surface area contributed by atoms with Crippen molar-refractivity contribution < 1.29 is 30.7 Å². The molecule has 0 N–H and O–H groups in total. The van der Waals surface area contributed by atoms with E-state index in [4.69, 9.17) is 11.2 Å². The Bertz CT molecular complexity index is 1230. The van der Waals surface area contributed by atoms with E-state index >= 15 is 0 Å². The van der Waals surface area contributed by atoms with Gasteiger partial charge in [0.25, 0.3) is 0 Å². The van der Waals surface area contributed by atoms with Gasteiger partial charge in [-0.05, 0) is 35.9 Å². The predicted molar refractivity (Wildman–Crippen MR) is 106 cm³/mol. The number of hydrogen-bond acceptors (Lipinski definition) is 4. The zero-order chi connectivity index (χ0) is 22.8. The minimum atomic E-state index is -4.80. The van der Waals surface area contributed by atoms with Crippen molar-refractivity contribution in [1.29, 1.82) is 0 Å². The topological polar surface area (TPSA) is 56.3 Å². The van der Waals surface area contributed by atoms with Crippen LogP contribution in [0, 0.1) is 18.2 Å². The summed E-state index contributed by atoms with van der Waals surface area (Å²) in [6, 6.07) is 11.1. The Balaban J connectivity index is 2.07. The number of terminal acetylenes is 1. The Morgan fingerprint density at radius 1 is 1.03 bits per heavy atom. The summed E-state index contributed by atoms with van der Waals surface area (Å²) in [5, 5.41) is 0. The summed E-state index contributed by atoms with van der Waals surface area (Å²) in [6.45, 7) is 0. The quantitative estimate of drug-likeness (QED) is 0.404. The van der Waals surface area contributed by atoms with E-state index in [1.807, 2.05) is 0 Å². The van der Waals surface area contributed by atoms with Crippen molar-refractivity contribution in [1.82, 2.24) is 4.98 Å². The lowest BCUT2D eigenvalue weighted by atomic mass is 10.0. The second kappa shape index (κ2) is 8.40. The van der Waals surface area contributed by atoms with E-state index in [9.17, 15) is 26.0 Å². The summed E-state index contributed by atoms with van der Waals surface area (Å²) in [6.07, 6.45) is 1.59. The van der Waals surface area contributed by atoms with Crippen LogP contribution in [-0.2, 0) is 16.0 Å². The highest BCUT2D eigenvalue weighted by Crippen LogP contribution is 2.42. The minimum absolute atomic E-state index is 0.0417. The second-order valence-electron chi connectivity index (χ2n) is 6.54. The van der Waals surface area contributed by atoms with E-state index in [1.165, 1.54) is 42.5 Å². The molecule has 3 aromatic rings. The molecule has 31 heavy (non-hydrogen) atoms. The zero-order valence-electron chi connectivity index (χ0n) is 16.0. The Labute approximate surface area is 176 Å². The first-order valence-corrected chi connectivity index (χ1v) is 10.6. The Kier molecular flexibility index (Phi) is 6.04. The van der Waals surface area contributed by atoms with Gasteiger partial charge in [-0.1, -0.05) is 30.2 Å². The molecule has 0 saturated heterocycles. The summed E-state index contributed by atoms with van der Waals surface area (Å²) >= 11 is 0. The molecular weight excluding hydrogens is 434 g/mol. The Hall–Kier alpha value is -3.38. The van der Waals surface area contributed by atoms with Gasteiger partial charge in [-0.2, -0.15) is 13.2 Å². The molecule has 0 fully saturated rings. The normalized spacial score (nSPS) is 12.8. The fourth-order valence-electron chi connectivity index (χ4n) is 2.87. The lowest BCUT2D eigenvalue weighted by Gasteiger charge is -2.20. The highest BCUT2D eigenvalue weighted by atomic mass is 32.2. The summed E-state index contributed by atoms with van der Waals surface area (Å²) in [7, 11) is -3.44. The molecule has 9 heteroatoms. The molecule has 0 spiro atoms. The standard InChI is InChI=1S/C22H15F4NO3S/c1-3-18(14-6-10-17(11-7-14)31(2,28)29)30-19-12-13-27-21(22(24,25)26)20(19)15-4-8-16(23)9-5-15/h1,4-13,18H,2H3. The van der Waals surface area contributed by atoms with Gasteiger partial charge in [0.1, 0.15) is 11.6 Å². The van der Waals surface area contributed by atoms with Gasteiger partial charge < -0.3 is 4.74 Å². The zero-order valence-corrected chi connectivity index (χ0v) is 16.8. The molecule has 1 unspecified atom stereocenters. The van der Waals surface area contributed by atoms with Crippen molar-refractivity contribution in [3.63, 3.8) is 0 Å². The van der Waals surface area contributed by atoms with Crippen LogP contribution in [0.15, 0.2) is 65.7 Å². The molecule has 3 rings (SSSR count). The predicted octanol–water partition coefficient (Wildman–Crippen LogP) is 5.06. The van der Waals surface area contributed by atoms with Crippen LogP contribution in [0.25, 0.3) is 11.1 Å². The number of alkyl halides is 3. The van der Waals surface area contributed by atoms with E-state index < -0.39 is 33.6 Å². The first kappa shape index (κ1) is 22.3. The molecule has 0 aliphatic rings. The molecule has 2 aromatic carbocycles. The average Bonchev–Trinajstić information content (AvgIpc) is 2.71. The minimum Gasteiger partial charge on any atom is -0.472 e. The summed E-state index contributed by atoms with van der Waals surface area (Å²) in [4.78, 5) is 3.49. The summed E-state index contributed by atoms with van der Waals surface area (Å²) < 4.78 is 83.1. The van der Waals surface area contributed by atoms with E-state index in [0.29, 0.717) is 5.56 Å². The number of nitrogens with zero attached hydrogens (tertiary/aromatic N) is 1. The highest BCUT2D eigenvalue weighted by Gasteiger charge is 2.37. The third-order valence-electron chi connectivity index (χ3n) is 4.32. The molecule has 4 nitrogen and oxygen atoms in total. The SMILES string of the molecule is C#CC(Oc1ccnc(C(F)(F)F)c1-c1ccc(F)cc1)c1ccc(S(C)(=O)=O)cc1. The number of sulfone groups is 1. The molecule has 160 valence electrons. The highest BCUT2D eigenvalue weighted by molar-refractivity contribution is 7.90. The molecule has 1 aromatic heterocycles. The van der Waals surface area contributed by atoms with Crippen molar-refractivity contribution in [3.8, 4) is 29.2 Å². The molecule has 0 saturated carbocycles. The van der Waals surface area contributed by atoms with Gasteiger partial charge >= 0.3 is 6.18 Å². The van der Waals surface area contributed by atoms with Gasteiger partial charge in [0, 0.05) is 18.0 Å². The molecule has 0 amide bonds. The van der Waals surface area contributed by atoms with E-state index in [-0.39, 0.29) is 21.8 Å². The van der Waals surface area contributed by atoms with E-state index in [0.717, 1.165) is 24.6 Å². The van der Waals surface area contributed by atoms with Gasteiger partial charge in [0.15, 0.2) is 21.6 Å². The van der Waals surface area contributed by atoms with Crippen LogP contribution in [0.5, 0.6) is 5.75 Å². The van der Waals surface area contributed by atoms with Gasteiger partial charge in [-0.3, -0.25) is 4.98 Å². The molecular formula is C22H15F4NO3S. The van der Waals surface area contributed by atoms with E-state index in [1.54, 1.807) is 0 Å². The Morgan fingerprint density at radius 2 is 1.65 bits per heavy atom. The number of ether oxygens (including phenoxy) is 1. The monoisotopic (exact) mass is 449 g/mol. The van der Waals surface area contributed by atoms with Crippen LogP contribution < -0.4 is 4.74 Å². The van der Waals surface area contributed by atoms with E-state index in [2.05, 4.69) is 10.9 Å². The number of halogens is 4. The van der Waals surface area contributed by atoms with Crippen LogP contribution in [0.2, 0.25) is 0 Å². The molecule has 0 aliphatic carbocycles. The number of hydrogen-bond donors (Lipinski definition) is 0. The number of pyridine rings is 1. The third kappa shape index (κ3) is 5.03. The first-order chi connectivity index (χ1) is 14.5. The largest absolute Gasteiger partial charge is 0.472 e. The van der Waals surface area contributed by atoms with Crippen molar-refractivity contribution >= 4 is 9.84 Å². The van der Waals surface area contributed by atoms with Crippen molar-refractivity contribution in [2.24, 2.45) is 0 Å². The molecule has 0 bridgehead atoms. The first-order valence-electron chi connectivity index (χ1n) is 8.75. The number of rotatable bonds is 5. The number of benzene rings is 2. The van der Waals surface area contributed by atoms with Crippen molar-refractivity contribution in [2.45, 2.75) is 17.2 Å². The van der Waals surface area contributed by atoms with Crippen molar-refractivity contribution in [3.05, 3.63) is 77.9 Å².